The number of aromatic nitrogens is 5. The summed E-state index contributed by atoms with van der Waals surface area (Å²) in [5, 5.41) is 24.2. The number of hydrogen-bond donors (Lipinski definition) is 1. The molecule has 35 heavy (non-hydrogen) atoms. The first-order valence-electron chi connectivity index (χ1n) is 11.2. The largest absolute Gasteiger partial charge is 0.507 e. The predicted molar refractivity (Wildman–Crippen MR) is 138 cm³/mol. The lowest BCUT2D eigenvalue weighted by atomic mass is 10.0. The van der Waals surface area contributed by atoms with E-state index in [1.165, 1.54) is 25.5 Å². The van der Waals surface area contributed by atoms with Gasteiger partial charge >= 0.3 is 0 Å². The van der Waals surface area contributed by atoms with Gasteiger partial charge in [-0.1, -0.05) is 6.07 Å². The number of fused-ring (bicyclic) bond motifs is 2. The van der Waals surface area contributed by atoms with E-state index >= 15 is 0 Å². The number of nitrogens with zero attached hydrogens (tertiary/aromatic N) is 7. The van der Waals surface area contributed by atoms with Crippen molar-refractivity contribution in [2.45, 2.75) is 18.9 Å². The van der Waals surface area contributed by atoms with Crippen LogP contribution in [0.2, 0.25) is 0 Å². The molecule has 0 bridgehead atoms. The smallest absolute Gasteiger partial charge is 0.245 e. The lowest BCUT2D eigenvalue weighted by Crippen LogP contribution is -2.50. The first-order valence-corrected chi connectivity index (χ1v) is 11.2. The molecule has 2 fully saturated rings. The molecule has 2 aliphatic rings. The van der Waals surface area contributed by atoms with Crippen LogP contribution in [0.25, 0.3) is 33.3 Å². The van der Waals surface area contributed by atoms with E-state index in [9.17, 15) is 9.50 Å². The SMILES string of the molecule is Cl.Cl.Cn1cc2cc(-c3ccc(-c4cnc(N5CCN6CCC[C@@H]6C5)nn4)c(O)c3)cc(F)c2n1. The summed E-state index contributed by atoms with van der Waals surface area (Å²) in [6.07, 6.45) is 5.90. The standard InChI is InChI=1S/C24H24FN7O.2ClH/c1-30-13-17-9-16(10-20(25)23(17)29-30)15-4-5-19(22(33)11-15)21-12-26-24(28-27-21)32-8-7-31-6-2-3-18(31)14-32;;/h4-5,9-13,18,33H,2-3,6-8,14H2,1H3;2*1H/t18-;;/m1../s1. The molecule has 0 spiro atoms. The molecule has 4 aromatic rings. The van der Waals surface area contributed by atoms with Gasteiger partial charge in [0.25, 0.3) is 0 Å². The van der Waals surface area contributed by atoms with Crippen molar-refractivity contribution < 1.29 is 9.50 Å². The van der Waals surface area contributed by atoms with Crippen molar-refractivity contribution in [3.8, 4) is 28.1 Å². The number of aryl methyl sites for hydroxylation is 1. The van der Waals surface area contributed by atoms with Crippen molar-refractivity contribution in [3.63, 3.8) is 0 Å². The average Bonchev–Trinajstić information content (AvgIpc) is 3.44. The van der Waals surface area contributed by atoms with Gasteiger partial charge in [-0.15, -0.1) is 35.0 Å². The molecule has 0 radical (unpaired) electrons. The van der Waals surface area contributed by atoms with Crippen LogP contribution in [0.3, 0.4) is 0 Å². The van der Waals surface area contributed by atoms with Crippen molar-refractivity contribution in [2.75, 3.05) is 31.1 Å². The number of phenols is 1. The number of hydrogen-bond acceptors (Lipinski definition) is 7. The molecule has 6 rings (SSSR count). The van der Waals surface area contributed by atoms with Crippen molar-refractivity contribution in [1.82, 2.24) is 29.9 Å². The highest BCUT2D eigenvalue weighted by Gasteiger charge is 2.31. The molecule has 0 aliphatic carbocycles. The summed E-state index contributed by atoms with van der Waals surface area (Å²) in [7, 11) is 1.76. The topological polar surface area (TPSA) is 83.2 Å². The van der Waals surface area contributed by atoms with Gasteiger partial charge in [0.2, 0.25) is 5.95 Å². The molecule has 11 heteroatoms. The molecule has 0 saturated carbocycles. The third-order valence-electron chi connectivity index (χ3n) is 6.70. The van der Waals surface area contributed by atoms with Crippen LogP contribution in [0, 0.1) is 5.82 Å². The molecule has 1 atom stereocenters. The monoisotopic (exact) mass is 517 g/mol. The van der Waals surface area contributed by atoms with E-state index in [2.05, 4.69) is 30.1 Å². The number of piperazine rings is 1. The first-order chi connectivity index (χ1) is 16.0. The number of benzene rings is 2. The number of rotatable bonds is 3. The van der Waals surface area contributed by atoms with Gasteiger partial charge in [0.05, 0.1) is 6.20 Å². The first kappa shape index (κ1) is 25.1. The van der Waals surface area contributed by atoms with Crippen LogP contribution in [-0.2, 0) is 7.05 Å². The molecular weight excluding hydrogens is 492 g/mol. The van der Waals surface area contributed by atoms with E-state index in [-0.39, 0.29) is 30.6 Å². The summed E-state index contributed by atoms with van der Waals surface area (Å²) in [5.74, 6) is 0.278. The van der Waals surface area contributed by atoms with Gasteiger partial charge < -0.3 is 10.0 Å². The highest BCUT2D eigenvalue weighted by Crippen LogP contribution is 2.34. The second-order valence-corrected chi connectivity index (χ2v) is 8.85. The minimum atomic E-state index is -0.393. The van der Waals surface area contributed by atoms with Gasteiger partial charge in [0.1, 0.15) is 17.0 Å². The van der Waals surface area contributed by atoms with Crippen molar-refractivity contribution in [3.05, 3.63) is 48.5 Å². The lowest BCUT2D eigenvalue weighted by Gasteiger charge is -2.37. The number of halogens is 3. The summed E-state index contributed by atoms with van der Waals surface area (Å²) in [6.45, 7) is 4.05. The van der Waals surface area contributed by atoms with Crippen LogP contribution in [0.15, 0.2) is 42.7 Å². The van der Waals surface area contributed by atoms with Crippen molar-refractivity contribution in [2.24, 2.45) is 7.05 Å². The van der Waals surface area contributed by atoms with E-state index < -0.39 is 5.82 Å². The maximum absolute atomic E-state index is 14.5. The van der Waals surface area contributed by atoms with E-state index in [0.29, 0.717) is 45.3 Å². The third-order valence-corrected chi connectivity index (χ3v) is 6.70. The van der Waals surface area contributed by atoms with Gasteiger partial charge in [-0.2, -0.15) is 5.10 Å². The molecule has 0 unspecified atom stereocenters. The van der Waals surface area contributed by atoms with Gasteiger partial charge in [-0.25, -0.2) is 9.37 Å². The highest BCUT2D eigenvalue weighted by molar-refractivity contribution is 5.86. The zero-order valence-corrected chi connectivity index (χ0v) is 20.8. The summed E-state index contributed by atoms with van der Waals surface area (Å²) < 4.78 is 16.1. The van der Waals surface area contributed by atoms with Crippen LogP contribution in [0.1, 0.15) is 12.8 Å². The van der Waals surface area contributed by atoms with Gasteiger partial charge in [0.15, 0.2) is 5.82 Å². The minimum absolute atomic E-state index is 0. The molecule has 8 nitrogen and oxygen atoms in total. The zero-order chi connectivity index (χ0) is 22.5. The van der Waals surface area contributed by atoms with E-state index in [1.807, 2.05) is 12.1 Å². The molecule has 184 valence electrons. The van der Waals surface area contributed by atoms with Gasteiger partial charge in [-0.3, -0.25) is 9.58 Å². The van der Waals surface area contributed by atoms with Crippen LogP contribution >= 0.6 is 24.8 Å². The summed E-state index contributed by atoms with van der Waals surface area (Å²) in [4.78, 5) is 9.25. The van der Waals surface area contributed by atoms with Crippen LogP contribution in [0.5, 0.6) is 5.75 Å². The Morgan fingerprint density at radius 3 is 2.66 bits per heavy atom. The Hall–Kier alpha value is -3.01. The Morgan fingerprint density at radius 1 is 1.03 bits per heavy atom. The summed E-state index contributed by atoms with van der Waals surface area (Å²) in [5.41, 5.74) is 2.73. The second kappa shape index (κ2) is 9.93. The molecule has 0 amide bonds. The Labute approximate surface area is 214 Å². The van der Waals surface area contributed by atoms with E-state index in [1.54, 1.807) is 36.3 Å². The van der Waals surface area contributed by atoms with Crippen LogP contribution in [-0.4, -0.2) is 67.2 Å². The quantitative estimate of drug-likeness (QED) is 0.438. The van der Waals surface area contributed by atoms with Crippen molar-refractivity contribution >= 4 is 41.7 Å². The Morgan fingerprint density at radius 2 is 1.89 bits per heavy atom. The van der Waals surface area contributed by atoms with Crippen LogP contribution < -0.4 is 4.90 Å². The fourth-order valence-electron chi connectivity index (χ4n) is 5.02. The average molecular weight is 518 g/mol. The molecule has 2 aromatic heterocycles. The second-order valence-electron chi connectivity index (χ2n) is 8.85. The maximum atomic E-state index is 14.5. The Kier molecular flexibility index (Phi) is 7.12. The Bertz CT molecular complexity index is 1350. The van der Waals surface area contributed by atoms with Gasteiger partial charge in [0, 0.05) is 49.9 Å². The predicted octanol–water partition coefficient (Wildman–Crippen LogP) is 4.07. The number of aromatic hydroxyl groups is 1. The molecule has 2 aliphatic heterocycles. The Balaban J connectivity index is 0.00000144. The fraction of sp³-hybridized carbons (Fsp3) is 0.333. The van der Waals surface area contributed by atoms with Gasteiger partial charge in [-0.05, 0) is 54.8 Å². The molecule has 1 N–H and O–H groups in total. The molecule has 2 saturated heterocycles. The summed E-state index contributed by atoms with van der Waals surface area (Å²) >= 11 is 0. The highest BCUT2D eigenvalue weighted by atomic mass is 35.5. The maximum Gasteiger partial charge on any atom is 0.245 e. The van der Waals surface area contributed by atoms with E-state index in [4.69, 9.17) is 0 Å². The zero-order valence-electron chi connectivity index (χ0n) is 19.1. The van der Waals surface area contributed by atoms with Crippen molar-refractivity contribution in [1.29, 1.82) is 0 Å². The van der Waals surface area contributed by atoms with Crippen LogP contribution in [0.4, 0.5) is 10.3 Å². The lowest BCUT2D eigenvalue weighted by molar-refractivity contribution is 0.229. The normalized spacial score (nSPS) is 17.7. The minimum Gasteiger partial charge on any atom is -0.507 e. The number of anilines is 1. The molecule has 4 heterocycles. The third kappa shape index (κ3) is 4.63. The molecular formula is C24H26Cl2FN7O. The fourth-order valence-corrected chi connectivity index (χ4v) is 5.02. The number of phenolic OH excluding ortho intramolecular Hbond substituents is 1. The summed E-state index contributed by atoms with van der Waals surface area (Å²) in [6, 6.07) is 9.08. The van der Waals surface area contributed by atoms with E-state index in [0.717, 1.165) is 19.6 Å². The molecule has 2 aromatic carbocycles.